The third-order valence-electron chi connectivity index (χ3n) is 2.96. The number of hydrogen-bond acceptors (Lipinski definition) is 5. The van der Waals surface area contributed by atoms with Crippen LogP contribution in [0.15, 0.2) is 36.5 Å². The summed E-state index contributed by atoms with van der Waals surface area (Å²) in [5.41, 5.74) is 7.76. The van der Waals surface area contributed by atoms with E-state index in [2.05, 4.69) is 39.7 Å². The molecule has 0 bridgehead atoms. The van der Waals surface area contributed by atoms with E-state index >= 15 is 0 Å². The fraction of sp³-hybridized carbons (Fsp3) is 0.333. The minimum absolute atomic E-state index is 0.590. The molecule has 5 nitrogen and oxygen atoms in total. The van der Waals surface area contributed by atoms with Gasteiger partial charge in [0.2, 0.25) is 5.95 Å². The third kappa shape index (κ3) is 4.20. The SMILES string of the molecule is CCc1ccc(Nc2nccc(NCCCN)n2)cc1. The summed E-state index contributed by atoms with van der Waals surface area (Å²) in [7, 11) is 0. The first-order valence-electron chi connectivity index (χ1n) is 6.94. The first-order chi connectivity index (χ1) is 9.81. The topological polar surface area (TPSA) is 75.9 Å². The van der Waals surface area contributed by atoms with Crippen LogP contribution in [0.25, 0.3) is 0 Å². The van der Waals surface area contributed by atoms with E-state index < -0.39 is 0 Å². The second-order valence-electron chi connectivity index (χ2n) is 4.51. The van der Waals surface area contributed by atoms with Crippen molar-refractivity contribution in [3.05, 3.63) is 42.1 Å². The molecule has 1 aromatic heterocycles. The van der Waals surface area contributed by atoms with E-state index in [1.807, 2.05) is 18.2 Å². The van der Waals surface area contributed by atoms with Crippen molar-refractivity contribution in [1.82, 2.24) is 9.97 Å². The normalized spacial score (nSPS) is 10.3. The zero-order valence-electron chi connectivity index (χ0n) is 11.8. The zero-order chi connectivity index (χ0) is 14.2. The van der Waals surface area contributed by atoms with Crippen LogP contribution in [-0.2, 0) is 6.42 Å². The largest absolute Gasteiger partial charge is 0.370 e. The molecule has 0 aliphatic heterocycles. The van der Waals surface area contributed by atoms with Gasteiger partial charge >= 0.3 is 0 Å². The number of nitrogens with two attached hydrogens (primary N) is 1. The monoisotopic (exact) mass is 271 g/mol. The molecule has 1 heterocycles. The van der Waals surface area contributed by atoms with E-state index in [1.54, 1.807) is 6.20 Å². The van der Waals surface area contributed by atoms with Gasteiger partial charge in [0.05, 0.1) is 0 Å². The summed E-state index contributed by atoms with van der Waals surface area (Å²) in [6, 6.07) is 10.1. The van der Waals surface area contributed by atoms with Crippen LogP contribution in [-0.4, -0.2) is 23.1 Å². The number of hydrogen-bond donors (Lipinski definition) is 3. The third-order valence-corrected chi connectivity index (χ3v) is 2.96. The molecule has 1 aromatic carbocycles. The molecule has 0 fully saturated rings. The lowest BCUT2D eigenvalue weighted by Crippen LogP contribution is -2.10. The van der Waals surface area contributed by atoms with Crippen LogP contribution < -0.4 is 16.4 Å². The molecule has 20 heavy (non-hydrogen) atoms. The number of rotatable bonds is 7. The fourth-order valence-corrected chi connectivity index (χ4v) is 1.79. The molecule has 4 N–H and O–H groups in total. The Bertz CT molecular complexity index is 524. The van der Waals surface area contributed by atoms with Gasteiger partial charge in [-0.3, -0.25) is 0 Å². The van der Waals surface area contributed by atoms with Crippen molar-refractivity contribution >= 4 is 17.5 Å². The summed E-state index contributed by atoms with van der Waals surface area (Å²) in [6.45, 7) is 3.63. The number of anilines is 3. The molecule has 0 radical (unpaired) electrons. The number of nitrogens with one attached hydrogen (secondary N) is 2. The molecule has 5 heteroatoms. The van der Waals surface area contributed by atoms with Crippen LogP contribution in [0.4, 0.5) is 17.5 Å². The van der Waals surface area contributed by atoms with Crippen molar-refractivity contribution in [3.63, 3.8) is 0 Å². The molecule has 0 aliphatic rings. The van der Waals surface area contributed by atoms with Crippen LogP contribution in [0.3, 0.4) is 0 Å². The molecule has 0 saturated carbocycles. The maximum absolute atomic E-state index is 5.46. The average Bonchev–Trinajstić information content (AvgIpc) is 2.49. The second-order valence-corrected chi connectivity index (χ2v) is 4.51. The molecule has 0 saturated heterocycles. The first-order valence-corrected chi connectivity index (χ1v) is 6.94. The van der Waals surface area contributed by atoms with E-state index in [1.165, 1.54) is 5.56 Å². The van der Waals surface area contributed by atoms with Crippen LogP contribution in [0.2, 0.25) is 0 Å². The Hall–Kier alpha value is -2.14. The maximum atomic E-state index is 5.46. The van der Waals surface area contributed by atoms with Gasteiger partial charge in [0.1, 0.15) is 5.82 Å². The zero-order valence-corrected chi connectivity index (χ0v) is 11.8. The van der Waals surface area contributed by atoms with Crippen molar-refractivity contribution in [1.29, 1.82) is 0 Å². The highest BCUT2D eigenvalue weighted by Crippen LogP contribution is 2.15. The highest BCUT2D eigenvalue weighted by atomic mass is 15.1. The first kappa shape index (κ1) is 14.3. The smallest absolute Gasteiger partial charge is 0.229 e. The summed E-state index contributed by atoms with van der Waals surface area (Å²) in [6.07, 6.45) is 3.70. The van der Waals surface area contributed by atoms with Crippen LogP contribution in [0, 0.1) is 0 Å². The van der Waals surface area contributed by atoms with Crippen molar-refractivity contribution in [2.75, 3.05) is 23.7 Å². The maximum Gasteiger partial charge on any atom is 0.229 e. The molecule has 106 valence electrons. The van der Waals surface area contributed by atoms with Crippen molar-refractivity contribution < 1.29 is 0 Å². The van der Waals surface area contributed by atoms with Gasteiger partial charge in [0.25, 0.3) is 0 Å². The van der Waals surface area contributed by atoms with Crippen molar-refractivity contribution in [3.8, 4) is 0 Å². The molecular weight excluding hydrogens is 250 g/mol. The molecule has 2 aromatic rings. The minimum atomic E-state index is 0.590. The number of benzene rings is 1. The van der Waals surface area contributed by atoms with Gasteiger partial charge in [0.15, 0.2) is 0 Å². The molecular formula is C15H21N5. The molecule has 0 unspecified atom stereocenters. The van der Waals surface area contributed by atoms with E-state index in [4.69, 9.17) is 5.73 Å². The molecule has 2 rings (SSSR count). The van der Waals surface area contributed by atoms with Crippen molar-refractivity contribution in [2.45, 2.75) is 19.8 Å². The lowest BCUT2D eigenvalue weighted by molar-refractivity contribution is 0.869. The Kier molecular flexibility index (Phi) is 5.32. The summed E-state index contributed by atoms with van der Waals surface area (Å²) < 4.78 is 0. The lowest BCUT2D eigenvalue weighted by Gasteiger charge is -2.08. The highest BCUT2D eigenvalue weighted by Gasteiger charge is 2.00. The molecule has 0 spiro atoms. The van der Waals surface area contributed by atoms with E-state index in [9.17, 15) is 0 Å². The van der Waals surface area contributed by atoms with Crippen LogP contribution in [0.5, 0.6) is 0 Å². The molecule has 0 aliphatic carbocycles. The predicted octanol–water partition coefficient (Wildman–Crippen LogP) is 2.54. The van der Waals surface area contributed by atoms with Gasteiger partial charge in [-0.05, 0) is 43.1 Å². The van der Waals surface area contributed by atoms with Gasteiger partial charge in [0, 0.05) is 18.4 Å². The summed E-state index contributed by atoms with van der Waals surface area (Å²) >= 11 is 0. The summed E-state index contributed by atoms with van der Waals surface area (Å²) in [5.74, 6) is 1.40. The van der Waals surface area contributed by atoms with Crippen molar-refractivity contribution in [2.24, 2.45) is 5.73 Å². The van der Waals surface area contributed by atoms with E-state index in [0.29, 0.717) is 12.5 Å². The Morgan fingerprint density at radius 3 is 2.65 bits per heavy atom. The quantitative estimate of drug-likeness (QED) is 0.675. The Morgan fingerprint density at radius 1 is 1.15 bits per heavy atom. The average molecular weight is 271 g/mol. The van der Waals surface area contributed by atoms with Crippen LogP contribution in [0.1, 0.15) is 18.9 Å². The Labute approximate surface area is 119 Å². The van der Waals surface area contributed by atoms with Gasteiger partial charge in [-0.25, -0.2) is 4.98 Å². The summed E-state index contributed by atoms with van der Waals surface area (Å²) in [5, 5.41) is 6.42. The highest BCUT2D eigenvalue weighted by molar-refractivity contribution is 5.55. The van der Waals surface area contributed by atoms with Gasteiger partial charge in [-0.2, -0.15) is 4.98 Å². The Morgan fingerprint density at radius 2 is 1.95 bits per heavy atom. The number of aryl methyl sites for hydroxylation is 1. The van der Waals surface area contributed by atoms with Crippen LogP contribution >= 0.6 is 0 Å². The fourth-order valence-electron chi connectivity index (χ4n) is 1.79. The predicted molar refractivity (Wildman–Crippen MR) is 83.3 cm³/mol. The van der Waals surface area contributed by atoms with E-state index in [-0.39, 0.29) is 0 Å². The number of nitrogens with zero attached hydrogens (tertiary/aromatic N) is 2. The molecule has 0 amide bonds. The Balaban J connectivity index is 1.99. The van der Waals surface area contributed by atoms with E-state index in [0.717, 1.165) is 30.9 Å². The second kappa shape index (κ2) is 7.45. The standard InChI is InChI=1S/C15H21N5/c1-2-12-4-6-13(7-5-12)19-15-18-11-8-14(20-15)17-10-3-9-16/h4-8,11H,2-3,9-10,16H2,1H3,(H2,17,18,19,20). The van der Waals surface area contributed by atoms with Gasteiger partial charge < -0.3 is 16.4 Å². The molecule has 0 atom stereocenters. The summed E-state index contributed by atoms with van der Waals surface area (Å²) in [4.78, 5) is 8.63. The minimum Gasteiger partial charge on any atom is -0.370 e. The number of aromatic nitrogens is 2. The van der Waals surface area contributed by atoms with Gasteiger partial charge in [-0.1, -0.05) is 19.1 Å². The lowest BCUT2D eigenvalue weighted by atomic mass is 10.1. The van der Waals surface area contributed by atoms with Gasteiger partial charge in [-0.15, -0.1) is 0 Å².